The molecule has 3 saturated heterocycles. The van der Waals surface area contributed by atoms with Gasteiger partial charge in [-0.25, -0.2) is 0 Å². The van der Waals surface area contributed by atoms with Gasteiger partial charge >= 0.3 is 0 Å². The first-order valence-electron chi connectivity index (χ1n) is 11.7. The Balaban J connectivity index is 1.45. The van der Waals surface area contributed by atoms with Crippen molar-refractivity contribution >= 4 is 80.2 Å². The lowest BCUT2D eigenvalue weighted by atomic mass is 10.1. The topological polar surface area (TPSA) is 81.2 Å². The molecule has 5 aliphatic heterocycles. The molecule has 5 aliphatic rings. The van der Waals surface area contributed by atoms with Crippen LogP contribution < -0.4 is 0 Å². The van der Waals surface area contributed by atoms with Crippen LogP contribution in [0.15, 0.2) is 9.81 Å². The minimum Gasteiger partial charge on any atom is -0.339 e. The summed E-state index contributed by atoms with van der Waals surface area (Å²) in [5, 5.41) is 0. The number of carbonyl (C=O) groups excluding carboxylic acids is 4. The summed E-state index contributed by atoms with van der Waals surface area (Å²) in [6, 6.07) is 0. The molecular weight excluding hydrogens is 513 g/mol. The lowest BCUT2D eigenvalue weighted by molar-refractivity contribution is -0.139. The molecule has 0 spiro atoms. The molecule has 12 heteroatoms. The molecule has 0 aromatic heterocycles. The molecule has 0 aromatic carbocycles. The highest BCUT2D eigenvalue weighted by Gasteiger charge is 2.41. The molecule has 5 heterocycles. The van der Waals surface area contributed by atoms with Crippen molar-refractivity contribution in [1.29, 1.82) is 0 Å². The van der Waals surface area contributed by atoms with Crippen LogP contribution in [0.2, 0.25) is 0 Å². The Morgan fingerprint density at radius 2 is 0.912 bits per heavy atom. The number of hydrogen-bond acceptors (Lipinski definition) is 8. The molecule has 0 aromatic rings. The summed E-state index contributed by atoms with van der Waals surface area (Å²) in [4.78, 5) is 58.7. The minimum absolute atomic E-state index is 0.127. The number of piperazine rings is 1. The van der Waals surface area contributed by atoms with Crippen molar-refractivity contribution in [2.24, 2.45) is 0 Å². The maximum atomic E-state index is 13.0. The highest BCUT2D eigenvalue weighted by Crippen LogP contribution is 2.42. The zero-order valence-electron chi connectivity index (χ0n) is 19.0. The maximum absolute atomic E-state index is 13.0. The highest BCUT2D eigenvalue weighted by atomic mass is 32.2. The fraction of sp³-hybridized carbons (Fsp3) is 0.636. The molecule has 6 bridgehead atoms. The Labute approximate surface area is 218 Å². The van der Waals surface area contributed by atoms with E-state index in [1.807, 2.05) is 9.80 Å². The van der Waals surface area contributed by atoms with Gasteiger partial charge in [0.25, 0.3) is 11.8 Å². The van der Waals surface area contributed by atoms with Crippen LogP contribution in [0.3, 0.4) is 0 Å². The van der Waals surface area contributed by atoms with E-state index in [2.05, 4.69) is 0 Å². The summed E-state index contributed by atoms with van der Waals surface area (Å²) in [5.41, 5.74) is 0. The van der Waals surface area contributed by atoms with Gasteiger partial charge in [0, 0.05) is 52.1 Å². The molecule has 8 nitrogen and oxygen atoms in total. The zero-order valence-corrected chi connectivity index (χ0v) is 22.2. The molecule has 184 valence electrons. The number of thioether (sulfide) groups is 2. The van der Waals surface area contributed by atoms with Gasteiger partial charge < -0.3 is 9.80 Å². The Morgan fingerprint density at radius 1 is 0.529 bits per heavy atom. The van der Waals surface area contributed by atoms with Crippen LogP contribution in [0, 0.1) is 0 Å². The van der Waals surface area contributed by atoms with Gasteiger partial charge in [-0.2, -0.15) is 0 Å². The second-order valence-electron chi connectivity index (χ2n) is 8.69. The van der Waals surface area contributed by atoms with E-state index in [1.54, 1.807) is 9.80 Å². The Kier molecular flexibility index (Phi) is 8.65. The van der Waals surface area contributed by atoms with E-state index in [0.29, 0.717) is 70.6 Å². The Morgan fingerprint density at radius 3 is 1.29 bits per heavy atom. The first-order valence-corrected chi connectivity index (χ1v) is 14.2. The van der Waals surface area contributed by atoms with Gasteiger partial charge in [0.15, 0.2) is 0 Å². The summed E-state index contributed by atoms with van der Waals surface area (Å²) in [6.07, 6.45) is 5.49. The van der Waals surface area contributed by atoms with E-state index in [9.17, 15) is 19.2 Å². The molecule has 0 N–H and O–H groups in total. The number of carbonyl (C=O) groups is 4. The second-order valence-corrected chi connectivity index (χ2v) is 12.0. The van der Waals surface area contributed by atoms with Gasteiger partial charge in [-0.1, -0.05) is 60.8 Å². The fourth-order valence-corrected chi connectivity index (χ4v) is 7.19. The monoisotopic (exact) mass is 540 g/mol. The zero-order chi connectivity index (χ0) is 24.2. The third kappa shape index (κ3) is 5.66. The largest absolute Gasteiger partial charge is 0.339 e. The van der Waals surface area contributed by atoms with Crippen molar-refractivity contribution in [3.8, 4) is 0 Å². The van der Waals surface area contributed by atoms with E-state index in [-0.39, 0.29) is 23.6 Å². The van der Waals surface area contributed by atoms with Crippen molar-refractivity contribution in [3.63, 3.8) is 0 Å². The second kappa shape index (κ2) is 11.5. The van der Waals surface area contributed by atoms with Gasteiger partial charge in [-0.15, -0.1) is 0 Å². The van der Waals surface area contributed by atoms with Crippen molar-refractivity contribution in [3.05, 3.63) is 9.81 Å². The number of thiocarbonyl (C=S) groups is 2. The average Bonchev–Trinajstić information content (AvgIpc) is 3.26. The molecular formula is C22H28N4O4S4. The van der Waals surface area contributed by atoms with Crippen LogP contribution in [-0.4, -0.2) is 91.1 Å². The van der Waals surface area contributed by atoms with Crippen LogP contribution >= 0.6 is 48.0 Å². The highest BCUT2D eigenvalue weighted by molar-refractivity contribution is 8.29. The first-order chi connectivity index (χ1) is 16.4. The molecule has 0 saturated carbocycles. The summed E-state index contributed by atoms with van der Waals surface area (Å²) < 4.78 is 0.921. The normalized spacial score (nSPS) is 24.4. The van der Waals surface area contributed by atoms with Gasteiger partial charge in [-0.05, 0) is 25.7 Å². The molecule has 4 amide bonds. The van der Waals surface area contributed by atoms with E-state index >= 15 is 0 Å². The quantitative estimate of drug-likeness (QED) is 0.434. The Hall–Kier alpha value is -1.50. The number of fused-ring (bicyclic) bond motifs is 12. The van der Waals surface area contributed by atoms with E-state index in [4.69, 9.17) is 24.4 Å². The van der Waals surface area contributed by atoms with E-state index in [0.717, 1.165) is 38.5 Å². The Bertz CT molecular complexity index is 871. The molecule has 34 heavy (non-hydrogen) atoms. The molecule has 0 aliphatic carbocycles. The fourth-order valence-electron chi connectivity index (χ4n) is 4.42. The van der Waals surface area contributed by atoms with Gasteiger partial charge in [0.05, 0.1) is 9.81 Å². The summed E-state index contributed by atoms with van der Waals surface area (Å²) in [5.74, 6) is -0.209. The number of hydrogen-bond donors (Lipinski definition) is 0. The third-order valence-electron chi connectivity index (χ3n) is 6.43. The van der Waals surface area contributed by atoms with Gasteiger partial charge in [0.2, 0.25) is 11.8 Å². The predicted octanol–water partition coefficient (Wildman–Crippen LogP) is 2.72. The standard InChI is InChI=1S/C22H28N4O4S4/c27-15-7-3-1-5-9-25-19(29)17(33-21(25)31)18-20(30)26(22(32)34-18)10-6-2-4-8-16(28)24-13-11-23(15)12-14-24/h1-14H2. The smallest absolute Gasteiger partial charge is 0.267 e. The predicted molar refractivity (Wildman–Crippen MR) is 141 cm³/mol. The van der Waals surface area contributed by atoms with E-state index in [1.165, 1.54) is 23.5 Å². The first kappa shape index (κ1) is 25.6. The molecule has 0 atom stereocenters. The molecule has 0 radical (unpaired) electrons. The number of amides is 4. The molecule has 0 unspecified atom stereocenters. The lowest BCUT2D eigenvalue weighted by Gasteiger charge is -2.35. The maximum Gasteiger partial charge on any atom is 0.267 e. The minimum atomic E-state index is -0.231. The summed E-state index contributed by atoms with van der Waals surface area (Å²) >= 11 is 13.2. The van der Waals surface area contributed by atoms with Crippen molar-refractivity contribution in [2.45, 2.75) is 51.4 Å². The number of rotatable bonds is 0. The average molecular weight is 541 g/mol. The summed E-state index contributed by atoms with van der Waals surface area (Å²) in [6.45, 7) is 3.29. The van der Waals surface area contributed by atoms with Crippen LogP contribution in [0.1, 0.15) is 51.4 Å². The van der Waals surface area contributed by atoms with Crippen molar-refractivity contribution < 1.29 is 19.2 Å². The molecule has 5 rings (SSSR count). The van der Waals surface area contributed by atoms with Crippen molar-refractivity contribution in [1.82, 2.24) is 19.6 Å². The van der Waals surface area contributed by atoms with Crippen LogP contribution in [-0.2, 0) is 19.2 Å². The van der Waals surface area contributed by atoms with Gasteiger partial charge in [0.1, 0.15) is 8.64 Å². The SMILES string of the molecule is O=C1CCCCCN2C(=O)C(=C3SC(=S)N(CCCCCC(=O)N4CCN1CC4)C3=O)SC2=S. The third-order valence-corrected chi connectivity index (χ3v) is 9.46. The lowest BCUT2D eigenvalue weighted by Crippen LogP contribution is -2.50. The van der Waals surface area contributed by atoms with Crippen LogP contribution in [0.25, 0.3) is 0 Å². The van der Waals surface area contributed by atoms with Crippen LogP contribution in [0.4, 0.5) is 0 Å². The van der Waals surface area contributed by atoms with Gasteiger partial charge in [-0.3, -0.25) is 29.0 Å². The number of nitrogens with zero attached hydrogens (tertiary/aromatic N) is 4. The van der Waals surface area contributed by atoms with Crippen molar-refractivity contribution in [2.75, 3.05) is 39.3 Å². The molecule has 3 fully saturated rings. The van der Waals surface area contributed by atoms with E-state index < -0.39 is 0 Å². The van der Waals surface area contributed by atoms with Crippen LogP contribution in [0.5, 0.6) is 0 Å². The summed E-state index contributed by atoms with van der Waals surface area (Å²) in [7, 11) is 0.